The minimum atomic E-state index is 0.593. The van der Waals surface area contributed by atoms with E-state index in [-0.39, 0.29) is 0 Å². The topological polar surface area (TPSA) is 62.4 Å². The van der Waals surface area contributed by atoms with Crippen LogP contribution in [0, 0.1) is 29.6 Å². The number of hydrogen-bond donors (Lipinski definition) is 0. The molecule has 5 heteroatoms. The maximum absolute atomic E-state index is 10.8. The smallest absolute Gasteiger partial charge is 0.101 e. The van der Waals surface area contributed by atoms with Crippen molar-refractivity contribution >= 4 is 65.4 Å². The normalized spacial score (nSPS) is 11.6. The van der Waals surface area contributed by atoms with E-state index < -0.39 is 0 Å². The Morgan fingerprint density at radius 1 is 0.375 bits per heavy atom. The van der Waals surface area contributed by atoms with Crippen LogP contribution in [0.1, 0.15) is 16.7 Å². The maximum atomic E-state index is 10.8. The molecule has 5 nitrogen and oxygen atoms in total. The van der Waals surface area contributed by atoms with Crippen LogP contribution in [0.3, 0.4) is 0 Å². The van der Waals surface area contributed by atoms with Crippen LogP contribution in [-0.2, 0) is 0 Å². The Morgan fingerprint density at radius 3 is 1.50 bits per heavy atom. The summed E-state index contributed by atoms with van der Waals surface area (Å²) in [7, 11) is 0. The third-order valence-electron chi connectivity index (χ3n) is 11.4. The Kier molecular flexibility index (Phi) is 6.83. The fourth-order valence-electron chi connectivity index (χ4n) is 9.07. The summed E-state index contributed by atoms with van der Waals surface area (Å²) in [5, 5.41) is 27.7. The largest absolute Gasteiger partial charge is 0.309 e. The van der Waals surface area contributed by atoms with Crippen molar-refractivity contribution < 1.29 is 0 Å². The number of nitrogens with zero attached hydrogens (tertiary/aromatic N) is 5. The van der Waals surface area contributed by atoms with Crippen LogP contribution in [-0.4, -0.2) is 13.7 Å². The first-order valence-corrected chi connectivity index (χ1v) is 18.7. The second-order valence-electron chi connectivity index (χ2n) is 14.4. The molecular formula is C51H31N5. The predicted octanol–water partition coefficient (Wildman–Crippen LogP) is 12.7. The zero-order valence-corrected chi connectivity index (χ0v) is 30.4. The van der Waals surface area contributed by atoms with Crippen LogP contribution in [0.4, 0.5) is 0 Å². The molecule has 56 heavy (non-hydrogen) atoms. The van der Waals surface area contributed by atoms with E-state index in [1.807, 2.05) is 30.3 Å². The standard InChI is InChI=1S/C51H31N5/c1-32-28-33(24-26-42(32)56-46-20-8-4-15-39(46)40-17-10-12-35(30-52)51(40)56)34-25-27-43(36(29-34)31-53)54-47-21-9-5-16-41(47)50-48(54)22-11-23-49(50)55-44-18-6-2-13-37(44)38-14-3-7-19-45(38)55/h2-29H,1H3. The van der Waals surface area contributed by atoms with Gasteiger partial charge in [-0.05, 0) is 90.3 Å². The first-order valence-electron chi connectivity index (χ1n) is 18.7. The molecule has 0 saturated carbocycles. The van der Waals surface area contributed by atoms with E-state index in [2.05, 4.69) is 172 Å². The molecule has 0 spiro atoms. The van der Waals surface area contributed by atoms with Gasteiger partial charge in [0.15, 0.2) is 0 Å². The summed E-state index contributed by atoms with van der Waals surface area (Å²) in [6.45, 7) is 2.11. The Bertz CT molecular complexity index is 3470. The summed E-state index contributed by atoms with van der Waals surface area (Å²) < 4.78 is 6.83. The molecule has 0 bridgehead atoms. The van der Waals surface area contributed by atoms with Crippen LogP contribution < -0.4 is 0 Å². The Hall–Kier alpha value is -7.86. The number of aryl methyl sites for hydroxylation is 1. The first-order chi connectivity index (χ1) is 27.6. The summed E-state index contributed by atoms with van der Waals surface area (Å²) in [4.78, 5) is 0. The van der Waals surface area contributed by atoms with Gasteiger partial charge < -0.3 is 13.7 Å². The minimum absolute atomic E-state index is 0.593. The number of hydrogen-bond acceptors (Lipinski definition) is 2. The fraction of sp³-hybridized carbons (Fsp3) is 0.0196. The molecule has 11 rings (SSSR count). The molecule has 0 aliphatic rings. The van der Waals surface area contributed by atoms with Crippen LogP contribution in [0.25, 0.3) is 93.6 Å². The van der Waals surface area contributed by atoms with E-state index in [9.17, 15) is 10.5 Å². The van der Waals surface area contributed by atoms with Crippen molar-refractivity contribution in [3.05, 3.63) is 187 Å². The zero-order chi connectivity index (χ0) is 37.5. The molecule has 0 aliphatic heterocycles. The van der Waals surface area contributed by atoms with Gasteiger partial charge in [0, 0.05) is 38.0 Å². The lowest BCUT2D eigenvalue weighted by Crippen LogP contribution is -2.00. The Morgan fingerprint density at radius 2 is 0.857 bits per heavy atom. The lowest BCUT2D eigenvalue weighted by Gasteiger charge is -2.15. The molecular weight excluding hydrogens is 683 g/mol. The van der Waals surface area contributed by atoms with Gasteiger partial charge in [-0.1, -0.05) is 103 Å². The van der Waals surface area contributed by atoms with Crippen LogP contribution >= 0.6 is 0 Å². The monoisotopic (exact) mass is 713 g/mol. The lowest BCUT2D eigenvalue weighted by atomic mass is 9.99. The molecule has 0 unspecified atom stereocenters. The highest BCUT2D eigenvalue weighted by Gasteiger charge is 2.21. The quantitative estimate of drug-likeness (QED) is 0.182. The molecule has 0 atom stereocenters. The van der Waals surface area contributed by atoms with E-state index in [1.54, 1.807) is 0 Å². The van der Waals surface area contributed by atoms with Gasteiger partial charge in [-0.25, -0.2) is 0 Å². The highest BCUT2D eigenvalue weighted by atomic mass is 15.0. The van der Waals surface area contributed by atoms with Crippen LogP contribution in [0.2, 0.25) is 0 Å². The van der Waals surface area contributed by atoms with Crippen molar-refractivity contribution in [3.63, 3.8) is 0 Å². The van der Waals surface area contributed by atoms with Crippen molar-refractivity contribution in [1.82, 2.24) is 13.7 Å². The molecule has 0 fully saturated rings. The van der Waals surface area contributed by atoms with Gasteiger partial charge in [-0.2, -0.15) is 10.5 Å². The third-order valence-corrected chi connectivity index (χ3v) is 11.4. The molecule has 11 aromatic rings. The molecule has 3 heterocycles. The summed E-state index contributed by atoms with van der Waals surface area (Å²) in [6.07, 6.45) is 0. The first kappa shape index (κ1) is 31.6. The lowest BCUT2D eigenvalue weighted by molar-refractivity contribution is 1.14. The molecule has 0 amide bonds. The average Bonchev–Trinajstić information content (AvgIpc) is 3.89. The third kappa shape index (κ3) is 4.40. The molecule has 0 radical (unpaired) electrons. The minimum Gasteiger partial charge on any atom is -0.309 e. The van der Waals surface area contributed by atoms with Crippen molar-refractivity contribution in [2.45, 2.75) is 6.92 Å². The number of para-hydroxylation sites is 5. The molecule has 0 aliphatic carbocycles. The highest BCUT2D eigenvalue weighted by Crippen LogP contribution is 2.41. The van der Waals surface area contributed by atoms with Crippen LogP contribution in [0.5, 0.6) is 0 Å². The molecule has 0 N–H and O–H groups in total. The molecule has 3 aromatic heterocycles. The summed E-state index contributed by atoms with van der Waals surface area (Å²) in [5.74, 6) is 0. The van der Waals surface area contributed by atoms with E-state index in [0.29, 0.717) is 11.1 Å². The van der Waals surface area contributed by atoms with Crippen molar-refractivity contribution in [3.8, 4) is 40.3 Å². The maximum Gasteiger partial charge on any atom is 0.101 e. The van der Waals surface area contributed by atoms with Crippen molar-refractivity contribution in [2.24, 2.45) is 0 Å². The van der Waals surface area contributed by atoms with E-state index in [4.69, 9.17) is 0 Å². The van der Waals surface area contributed by atoms with Crippen molar-refractivity contribution in [1.29, 1.82) is 10.5 Å². The molecule has 8 aromatic carbocycles. The number of fused-ring (bicyclic) bond motifs is 9. The van der Waals surface area contributed by atoms with Crippen LogP contribution in [0.15, 0.2) is 170 Å². The van der Waals surface area contributed by atoms with Gasteiger partial charge in [0.25, 0.3) is 0 Å². The van der Waals surface area contributed by atoms with Crippen molar-refractivity contribution in [2.75, 3.05) is 0 Å². The zero-order valence-electron chi connectivity index (χ0n) is 30.4. The number of aromatic nitrogens is 3. The molecule has 0 saturated heterocycles. The number of benzene rings is 8. The average molecular weight is 714 g/mol. The fourth-order valence-corrected chi connectivity index (χ4v) is 9.07. The second-order valence-corrected chi connectivity index (χ2v) is 14.4. The summed E-state index contributed by atoms with van der Waals surface area (Å²) in [6, 6.07) is 64.0. The highest BCUT2D eigenvalue weighted by molar-refractivity contribution is 6.16. The second kappa shape index (κ2) is 12.1. The predicted molar refractivity (Wildman–Crippen MR) is 229 cm³/mol. The van der Waals surface area contributed by atoms with Gasteiger partial charge in [0.2, 0.25) is 0 Å². The molecule has 260 valence electrons. The van der Waals surface area contributed by atoms with E-state index >= 15 is 0 Å². The Labute approximate surface area is 322 Å². The van der Waals surface area contributed by atoms with Gasteiger partial charge in [0.1, 0.15) is 12.1 Å². The number of rotatable bonds is 4. The SMILES string of the molecule is Cc1cc(-c2ccc(-n3c4ccccc4c4c(-n5c6ccccc6c6ccccc65)cccc43)c(C#N)c2)ccc1-n1c2ccccc2c2cccc(C#N)c21. The summed E-state index contributed by atoms with van der Waals surface area (Å²) >= 11 is 0. The van der Waals surface area contributed by atoms with Gasteiger partial charge in [-0.3, -0.25) is 0 Å². The van der Waals surface area contributed by atoms with E-state index in [0.717, 1.165) is 88.4 Å². The van der Waals surface area contributed by atoms with Gasteiger partial charge in [-0.15, -0.1) is 0 Å². The van der Waals surface area contributed by atoms with Gasteiger partial charge in [0.05, 0.1) is 55.6 Å². The van der Waals surface area contributed by atoms with E-state index in [1.165, 1.54) is 10.8 Å². The number of nitriles is 2. The summed E-state index contributed by atoms with van der Waals surface area (Å²) in [5.41, 5.74) is 13.6. The van der Waals surface area contributed by atoms with Gasteiger partial charge >= 0.3 is 0 Å². The Balaban J connectivity index is 1.08.